The maximum atomic E-state index is 5.52. The van der Waals surface area contributed by atoms with Crippen molar-refractivity contribution in [2.75, 3.05) is 46.4 Å². The molecule has 1 aromatic rings. The van der Waals surface area contributed by atoms with Gasteiger partial charge in [0.1, 0.15) is 0 Å². The minimum atomic E-state index is 0. The molecule has 6 heteroatoms. The van der Waals surface area contributed by atoms with Gasteiger partial charge in [0.25, 0.3) is 0 Å². The summed E-state index contributed by atoms with van der Waals surface area (Å²) < 4.78 is 5.52. The van der Waals surface area contributed by atoms with E-state index in [-0.39, 0.29) is 29.4 Å². The second-order valence-electron chi connectivity index (χ2n) is 9.20. The third kappa shape index (κ3) is 8.42. The van der Waals surface area contributed by atoms with Crippen molar-refractivity contribution in [3.8, 4) is 0 Å². The highest BCUT2D eigenvalue weighted by Crippen LogP contribution is 2.21. The molecule has 29 heavy (non-hydrogen) atoms. The molecule has 2 aliphatic heterocycles. The van der Waals surface area contributed by atoms with Crippen LogP contribution >= 0.6 is 24.0 Å². The van der Waals surface area contributed by atoms with E-state index in [1.54, 1.807) is 0 Å². The highest BCUT2D eigenvalue weighted by atomic mass is 127. The molecule has 2 N–H and O–H groups in total. The molecule has 0 radical (unpaired) electrons. The fourth-order valence-corrected chi connectivity index (χ4v) is 4.27. The number of hydrogen-bond acceptors (Lipinski definition) is 3. The summed E-state index contributed by atoms with van der Waals surface area (Å²) >= 11 is 0. The molecule has 5 nitrogen and oxygen atoms in total. The van der Waals surface area contributed by atoms with Gasteiger partial charge in [-0.25, -0.2) is 0 Å². The molecule has 2 fully saturated rings. The fourth-order valence-electron chi connectivity index (χ4n) is 4.27. The second-order valence-corrected chi connectivity index (χ2v) is 9.20. The zero-order valence-corrected chi connectivity index (χ0v) is 20.7. The quantitative estimate of drug-likeness (QED) is 0.332. The number of piperidine rings is 1. The van der Waals surface area contributed by atoms with Crippen LogP contribution in [0.4, 0.5) is 0 Å². The molecule has 1 aromatic carbocycles. The van der Waals surface area contributed by atoms with Crippen LogP contribution in [0.25, 0.3) is 0 Å². The number of aliphatic imine (C=N–C) groups is 1. The van der Waals surface area contributed by atoms with E-state index in [2.05, 4.69) is 64.7 Å². The molecule has 1 atom stereocenters. The maximum absolute atomic E-state index is 5.52. The number of hydrogen-bond donors (Lipinski definition) is 2. The van der Waals surface area contributed by atoms with Crippen LogP contribution < -0.4 is 10.6 Å². The van der Waals surface area contributed by atoms with Gasteiger partial charge in [-0.15, -0.1) is 24.0 Å². The van der Waals surface area contributed by atoms with Gasteiger partial charge in [-0.05, 0) is 42.6 Å². The highest BCUT2D eigenvalue weighted by molar-refractivity contribution is 14.0. The first-order valence-corrected chi connectivity index (χ1v) is 10.9. The number of likely N-dealkylation sites (tertiary alicyclic amines) is 1. The summed E-state index contributed by atoms with van der Waals surface area (Å²) in [5.74, 6) is 1.68. The Morgan fingerprint density at radius 2 is 1.90 bits per heavy atom. The summed E-state index contributed by atoms with van der Waals surface area (Å²) in [5.41, 5.74) is 1.56. The molecule has 2 heterocycles. The Balaban J connectivity index is 0.00000300. The largest absolute Gasteiger partial charge is 0.381 e. The molecule has 0 bridgehead atoms. The molecule has 0 aliphatic carbocycles. The van der Waals surface area contributed by atoms with Crippen LogP contribution in [-0.2, 0) is 11.2 Å². The predicted octanol–water partition coefficient (Wildman–Crippen LogP) is 3.54. The van der Waals surface area contributed by atoms with Gasteiger partial charge in [0.2, 0.25) is 0 Å². The van der Waals surface area contributed by atoms with Crippen molar-refractivity contribution < 1.29 is 4.74 Å². The zero-order chi connectivity index (χ0) is 19.8. The molecule has 0 saturated carbocycles. The van der Waals surface area contributed by atoms with Crippen molar-refractivity contribution >= 4 is 29.9 Å². The number of ether oxygens (including phenoxy) is 1. The number of nitrogens with zero attached hydrogens (tertiary/aromatic N) is 2. The summed E-state index contributed by atoms with van der Waals surface area (Å²) in [5, 5.41) is 7.20. The standard InChI is InChI=1S/C23H38N4O.HI/c1-23(2,15-19-7-5-4-6-8-19)18-25-22(24-3)26-21-9-12-27(13-10-21)16-20-11-14-28-17-20;/h4-8,20-21H,9-18H2,1-3H3,(H2,24,25,26);1H. The first kappa shape index (κ1) is 24.4. The number of benzene rings is 1. The Hall–Kier alpha value is -0.860. The Morgan fingerprint density at radius 1 is 1.17 bits per heavy atom. The van der Waals surface area contributed by atoms with Gasteiger partial charge < -0.3 is 20.3 Å². The van der Waals surface area contributed by atoms with Crippen molar-refractivity contribution in [3.05, 3.63) is 35.9 Å². The van der Waals surface area contributed by atoms with Gasteiger partial charge >= 0.3 is 0 Å². The topological polar surface area (TPSA) is 48.9 Å². The summed E-state index contributed by atoms with van der Waals surface area (Å²) in [4.78, 5) is 7.07. The lowest BCUT2D eigenvalue weighted by Gasteiger charge is -2.34. The monoisotopic (exact) mass is 514 g/mol. The van der Waals surface area contributed by atoms with Crippen LogP contribution in [0.5, 0.6) is 0 Å². The molecular weight excluding hydrogens is 475 g/mol. The Bertz CT molecular complexity index is 609. The molecule has 164 valence electrons. The molecule has 3 rings (SSSR count). The first-order chi connectivity index (χ1) is 13.5. The summed E-state index contributed by atoms with van der Waals surface area (Å²) in [6.07, 6.45) is 4.65. The minimum Gasteiger partial charge on any atom is -0.381 e. The second kappa shape index (κ2) is 12.1. The van der Waals surface area contributed by atoms with Gasteiger partial charge in [-0.1, -0.05) is 44.2 Å². The van der Waals surface area contributed by atoms with Gasteiger partial charge in [0.15, 0.2) is 5.96 Å². The van der Waals surface area contributed by atoms with Crippen molar-refractivity contribution in [2.24, 2.45) is 16.3 Å². The molecule has 0 aromatic heterocycles. The average molecular weight is 514 g/mol. The van der Waals surface area contributed by atoms with Crippen LogP contribution in [0.2, 0.25) is 0 Å². The highest BCUT2D eigenvalue weighted by Gasteiger charge is 2.25. The van der Waals surface area contributed by atoms with Gasteiger partial charge in [0.05, 0.1) is 6.61 Å². The van der Waals surface area contributed by atoms with Crippen LogP contribution in [0.1, 0.15) is 38.7 Å². The number of nitrogens with one attached hydrogen (secondary N) is 2. The van der Waals surface area contributed by atoms with Crippen LogP contribution in [0, 0.1) is 11.3 Å². The predicted molar refractivity (Wildman–Crippen MR) is 132 cm³/mol. The summed E-state index contributed by atoms with van der Waals surface area (Å²) in [6.45, 7) is 11.0. The number of guanidine groups is 1. The van der Waals surface area contributed by atoms with E-state index in [1.165, 1.54) is 44.5 Å². The van der Waals surface area contributed by atoms with E-state index < -0.39 is 0 Å². The SMILES string of the molecule is CN=C(NCC(C)(C)Cc1ccccc1)NC1CCN(CC2CCOC2)CC1.I. The number of rotatable bonds is 7. The van der Waals surface area contributed by atoms with E-state index in [9.17, 15) is 0 Å². The van der Waals surface area contributed by atoms with Gasteiger partial charge in [-0.3, -0.25) is 4.99 Å². The molecular formula is C23H39IN4O. The van der Waals surface area contributed by atoms with E-state index in [4.69, 9.17) is 4.74 Å². The van der Waals surface area contributed by atoms with Crippen LogP contribution in [-0.4, -0.2) is 63.3 Å². The average Bonchev–Trinajstić information content (AvgIpc) is 3.20. The molecule has 0 spiro atoms. The van der Waals surface area contributed by atoms with E-state index in [0.717, 1.165) is 38.1 Å². The van der Waals surface area contributed by atoms with Crippen molar-refractivity contribution in [2.45, 2.75) is 45.6 Å². The third-order valence-electron chi connectivity index (χ3n) is 5.95. The maximum Gasteiger partial charge on any atom is 0.191 e. The number of halogens is 1. The Labute approximate surface area is 194 Å². The molecule has 2 aliphatic rings. The first-order valence-electron chi connectivity index (χ1n) is 10.9. The summed E-state index contributed by atoms with van der Waals surface area (Å²) in [7, 11) is 1.87. The minimum absolute atomic E-state index is 0. The van der Waals surface area contributed by atoms with Crippen LogP contribution in [0.15, 0.2) is 35.3 Å². The smallest absolute Gasteiger partial charge is 0.191 e. The molecule has 1 unspecified atom stereocenters. The third-order valence-corrected chi connectivity index (χ3v) is 5.95. The summed E-state index contributed by atoms with van der Waals surface area (Å²) in [6, 6.07) is 11.2. The zero-order valence-electron chi connectivity index (χ0n) is 18.3. The van der Waals surface area contributed by atoms with Gasteiger partial charge in [-0.2, -0.15) is 0 Å². The lowest BCUT2D eigenvalue weighted by molar-refractivity contribution is 0.150. The fraction of sp³-hybridized carbons (Fsp3) is 0.696. The van der Waals surface area contributed by atoms with Crippen molar-refractivity contribution in [1.29, 1.82) is 0 Å². The van der Waals surface area contributed by atoms with E-state index >= 15 is 0 Å². The Kier molecular flexibility index (Phi) is 10.2. The lowest BCUT2D eigenvalue weighted by atomic mass is 9.86. The van der Waals surface area contributed by atoms with Crippen molar-refractivity contribution in [3.63, 3.8) is 0 Å². The van der Waals surface area contributed by atoms with Crippen LogP contribution in [0.3, 0.4) is 0 Å². The lowest BCUT2D eigenvalue weighted by Crippen LogP contribution is -2.50. The van der Waals surface area contributed by atoms with Gasteiger partial charge in [0, 0.05) is 45.9 Å². The Morgan fingerprint density at radius 3 is 2.52 bits per heavy atom. The molecule has 0 amide bonds. The van der Waals surface area contributed by atoms with E-state index in [1.807, 2.05) is 7.05 Å². The normalized spacial score (nSPS) is 21.6. The molecule has 2 saturated heterocycles. The van der Waals surface area contributed by atoms with Crippen molar-refractivity contribution in [1.82, 2.24) is 15.5 Å². The van der Waals surface area contributed by atoms with E-state index in [0.29, 0.717) is 6.04 Å².